The van der Waals surface area contributed by atoms with Crippen LogP contribution in [-0.2, 0) is 0 Å². The van der Waals surface area contributed by atoms with Crippen molar-refractivity contribution >= 4 is 30.6 Å². The highest BCUT2D eigenvalue weighted by Gasteiger charge is 2.09. The van der Waals surface area contributed by atoms with E-state index in [1.165, 1.54) is 0 Å². The molecular weight excluding hydrogens is 232 g/mol. The Balaban J connectivity index is 2.67. The van der Waals surface area contributed by atoms with E-state index in [2.05, 4.69) is 11.1 Å². The Morgan fingerprint density at radius 3 is 2.82 bits per heavy atom. The van der Waals surface area contributed by atoms with E-state index in [-0.39, 0.29) is 0 Å². The molecule has 5 heteroatoms. The molecule has 0 bridgehead atoms. The number of nitrogens with zero attached hydrogens (tertiary/aromatic N) is 2. The Kier molecular flexibility index (Phi) is 3.03. The summed E-state index contributed by atoms with van der Waals surface area (Å²) in [5.74, 6) is 0. The van der Waals surface area contributed by atoms with Gasteiger partial charge in [-0.25, -0.2) is 0 Å². The lowest BCUT2D eigenvalue weighted by molar-refractivity contribution is 1.33. The molecule has 82 valence electrons. The fourth-order valence-electron chi connectivity index (χ4n) is 1.63. The number of hydrogen-bond donors (Lipinski definition) is 1. The van der Waals surface area contributed by atoms with Crippen molar-refractivity contribution in [1.29, 1.82) is 5.26 Å². The van der Waals surface area contributed by atoms with Crippen LogP contribution in [0.3, 0.4) is 0 Å². The predicted molar refractivity (Wildman–Crippen MR) is 72.0 cm³/mol. The molecule has 0 aliphatic rings. The van der Waals surface area contributed by atoms with E-state index in [1.54, 1.807) is 24.4 Å². The first-order valence-electron chi connectivity index (χ1n) is 5.04. The highest BCUT2D eigenvalue weighted by Crippen LogP contribution is 2.26. The van der Waals surface area contributed by atoms with Gasteiger partial charge in [-0.15, -0.1) is 0 Å². The van der Waals surface area contributed by atoms with Crippen molar-refractivity contribution in [3.63, 3.8) is 0 Å². The lowest BCUT2D eigenvalue weighted by atomic mass is 9.89. The van der Waals surface area contributed by atoms with Crippen molar-refractivity contribution in [2.24, 2.45) is 0 Å². The average Bonchev–Trinajstić information content (AvgIpc) is 2.33. The second-order valence-corrected chi connectivity index (χ2v) is 4.11. The number of aromatic nitrogens is 1. The maximum absolute atomic E-state index is 9.00. The summed E-state index contributed by atoms with van der Waals surface area (Å²) >= 11 is 6.07. The summed E-state index contributed by atoms with van der Waals surface area (Å²) in [7, 11) is 1.86. The molecule has 1 aromatic carbocycles. The van der Waals surface area contributed by atoms with Gasteiger partial charge in [-0.1, -0.05) is 23.1 Å². The van der Waals surface area contributed by atoms with E-state index in [9.17, 15) is 0 Å². The molecule has 0 radical (unpaired) electrons. The SMILES string of the molecule is Bc1cc(-c2ncccc2Cl)cc(C#N)c1N. The number of nitrogens with two attached hydrogens (primary N) is 1. The summed E-state index contributed by atoms with van der Waals surface area (Å²) in [6.07, 6.45) is 1.67. The van der Waals surface area contributed by atoms with Crippen LogP contribution >= 0.6 is 11.6 Å². The molecule has 0 amide bonds. The fraction of sp³-hybridized carbons (Fsp3) is 0. The number of nitriles is 1. The topological polar surface area (TPSA) is 62.7 Å². The monoisotopic (exact) mass is 241 g/mol. The van der Waals surface area contributed by atoms with Gasteiger partial charge in [0, 0.05) is 17.4 Å². The number of hydrogen-bond acceptors (Lipinski definition) is 3. The van der Waals surface area contributed by atoms with Gasteiger partial charge < -0.3 is 5.73 Å². The lowest BCUT2D eigenvalue weighted by Crippen LogP contribution is -2.12. The quantitative estimate of drug-likeness (QED) is 0.601. The molecule has 0 saturated carbocycles. The summed E-state index contributed by atoms with van der Waals surface area (Å²) in [4.78, 5) is 4.21. The zero-order valence-corrected chi connectivity index (χ0v) is 9.99. The summed E-state index contributed by atoms with van der Waals surface area (Å²) in [5.41, 5.74) is 9.06. The molecule has 0 unspecified atom stereocenters. The van der Waals surface area contributed by atoms with Gasteiger partial charge in [-0.2, -0.15) is 5.26 Å². The molecule has 0 aliphatic heterocycles. The number of halogens is 1. The predicted octanol–water partition coefficient (Wildman–Crippen LogP) is 1.11. The smallest absolute Gasteiger partial charge is 0.142 e. The minimum Gasteiger partial charge on any atom is -0.398 e. The third-order valence-corrected chi connectivity index (χ3v) is 2.84. The zero-order valence-electron chi connectivity index (χ0n) is 9.24. The van der Waals surface area contributed by atoms with Crippen LogP contribution in [0.5, 0.6) is 0 Å². The Bertz CT molecular complexity index is 620. The molecule has 0 aliphatic carbocycles. The standard InChI is InChI=1S/C12H9BClN3/c13-9-5-7(4-8(6-15)11(9)16)12-10(14)2-1-3-17-12/h1-5H,13,16H2. The minimum absolute atomic E-state index is 0.446. The van der Waals surface area contributed by atoms with Gasteiger partial charge >= 0.3 is 0 Å². The molecule has 2 N–H and O–H groups in total. The first kappa shape index (κ1) is 11.5. The van der Waals surface area contributed by atoms with Crippen molar-refractivity contribution in [2.45, 2.75) is 0 Å². The molecule has 2 rings (SSSR count). The third-order valence-electron chi connectivity index (χ3n) is 2.54. The highest BCUT2D eigenvalue weighted by atomic mass is 35.5. The van der Waals surface area contributed by atoms with Crippen molar-refractivity contribution < 1.29 is 0 Å². The number of rotatable bonds is 1. The van der Waals surface area contributed by atoms with Gasteiger partial charge in [0.15, 0.2) is 0 Å². The van der Waals surface area contributed by atoms with E-state index < -0.39 is 0 Å². The maximum atomic E-state index is 9.00. The van der Waals surface area contributed by atoms with E-state index in [1.807, 2.05) is 13.9 Å². The Morgan fingerprint density at radius 2 is 2.18 bits per heavy atom. The normalized spacial score (nSPS) is 9.88. The average molecular weight is 241 g/mol. The van der Waals surface area contributed by atoms with E-state index in [4.69, 9.17) is 22.6 Å². The van der Waals surface area contributed by atoms with Crippen LogP contribution in [0.4, 0.5) is 5.69 Å². The van der Waals surface area contributed by atoms with E-state index in [0.717, 1.165) is 11.0 Å². The van der Waals surface area contributed by atoms with Gasteiger partial charge in [0.2, 0.25) is 0 Å². The highest BCUT2D eigenvalue weighted by molar-refractivity contribution is 6.37. The molecule has 1 aromatic heterocycles. The number of pyridine rings is 1. The van der Waals surface area contributed by atoms with Crippen LogP contribution in [0.15, 0.2) is 30.5 Å². The second kappa shape index (κ2) is 4.48. The molecule has 0 fully saturated rings. The number of anilines is 1. The van der Waals surface area contributed by atoms with Crippen LogP contribution in [0.2, 0.25) is 5.02 Å². The van der Waals surface area contributed by atoms with Crippen molar-refractivity contribution in [3.8, 4) is 17.3 Å². The van der Waals surface area contributed by atoms with E-state index >= 15 is 0 Å². The molecule has 3 nitrogen and oxygen atoms in total. The van der Waals surface area contributed by atoms with Crippen molar-refractivity contribution in [1.82, 2.24) is 4.98 Å². The molecular formula is C12H9BClN3. The second-order valence-electron chi connectivity index (χ2n) is 3.70. The summed E-state index contributed by atoms with van der Waals surface area (Å²) < 4.78 is 0. The molecule has 17 heavy (non-hydrogen) atoms. The third kappa shape index (κ3) is 2.10. The zero-order chi connectivity index (χ0) is 12.4. The van der Waals surface area contributed by atoms with Gasteiger partial charge in [0.1, 0.15) is 13.9 Å². The molecule has 0 atom stereocenters. The minimum atomic E-state index is 0.446. The van der Waals surface area contributed by atoms with E-state index in [0.29, 0.717) is 22.0 Å². The van der Waals surface area contributed by atoms with Gasteiger partial charge in [-0.3, -0.25) is 4.98 Å². The first-order valence-corrected chi connectivity index (χ1v) is 5.42. The van der Waals surface area contributed by atoms with Gasteiger partial charge in [0.25, 0.3) is 0 Å². The molecule has 2 aromatic rings. The summed E-state index contributed by atoms with van der Waals surface area (Å²) in [5, 5.41) is 9.56. The largest absolute Gasteiger partial charge is 0.398 e. The Hall–Kier alpha value is -1.99. The van der Waals surface area contributed by atoms with Crippen LogP contribution in [-0.4, -0.2) is 12.8 Å². The van der Waals surface area contributed by atoms with Gasteiger partial charge in [-0.05, 0) is 18.2 Å². The summed E-state index contributed by atoms with van der Waals surface area (Å²) in [6, 6.07) is 9.18. The van der Waals surface area contributed by atoms with Gasteiger partial charge in [0.05, 0.1) is 16.3 Å². The first-order chi connectivity index (χ1) is 8.13. The van der Waals surface area contributed by atoms with Crippen molar-refractivity contribution in [2.75, 3.05) is 5.73 Å². The summed E-state index contributed by atoms with van der Waals surface area (Å²) in [6.45, 7) is 0. The molecule has 0 saturated heterocycles. The number of benzene rings is 1. The number of nitrogen functional groups attached to an aromatic ring is 1. The lowest BCUT2D eigenvalue weighted by Gasteiger charge is -2.08. The molecule has 1 heterocycles. The molecule has 0 spiro atoms. The Labute approximate surface area is 105 Å². The van der Waals surface area contributed by atoms with Crippen LogP contribution in [0.1, 0.15) is 5.56 Å². The van der Waals surface area contributed by atoms with Crippen LogP contribution < -0.4 is 11.2 Å². The van der Waals surface area contributed by atoms with Crippen LogP contribution in [0, 0.1) is 11.3 Å². The van der Waals surface area contributed by atoms with Crippen LogP contribution in [0.25, 0.3) is 11.3 Å². The Morgan fingerprint density at radius 1 is 1.41 bits per heavy atom. The van der Waals surface area contributed by atoms with Crippen molar-refractivity contribution in [3.05, 3.63) is 41.0 Å². The maximum Gasteiger partial charge on any atom is 0.142 e. The fourth-order valence-corrected chi connectivity index (χ4v) is 1.86.